The van der Waals surface area contributed by atoms with Crippen LogP contribution >= 0.6 is 11.3 Å². The number of carbonyl (C=O) groups excluding carboxylic acids is 1. The Morgan fingerprint density at radius 1 is 1.29 bits per heavy atom. The summed E-state index contributed by atoms with van der Waals surface area (Å²) < 4.78 is 4.90. The lowest BCUT2D eigenvalue weighted by molar-refractivity contribution is -0.146. The van der Waals surface area contributed by atoms with Crippen molar-refractivity contribution in [3.05, 3.63) is 22.4 Å². The maximum Gasteiger partial charge on any atom is 0.308 e. The van der Waals surface area contributed by atoms with Crippen molar-refractivity contribution in [2.45, 2.75) is 38.6 Å². The minimum atomic E-state index is -0.0836. The molecule has 1 unspecified atom stereocenters. The number of hydrogen-bond donors (Lipinski definition) is 1. The number of likely N-dealkylation sites (tertiary alicyclic amines) is 2. The van der Waals surface area contributed by atoms with Crippen LogP contribution in [0.5, 0.6) is 0 Å². The number of piperidine rings is 2. The topological polar surface area (TPSA) is 57.2 Å². The average Bonchev–Trinajstić information content (AvgIpc) is 3.26. The van der Waals surface area contributed by atoms with E-state index < -0.39 is 0 Å². The molecule has 1 atom stereocenters. The van der Waals surface area contributed by atoms with Crippen molar-refractivity contribution < 1.29 is 9.53 Å². The van der Waals surface area contributed by atoms with E-state index in [2.05, 4.69) is 44.5 Å². The zero-order valence-corrected chi connectivity index (χ0v) is 18.2. The van der Waals surface area contributed by atoms with Gasteiger partial charge >= 0.3 is 5.97 Å². The van der Waals surface area contributed by atoms with Gasteiger partial charge in [-0.15, -0.1) is 11.3 Å². The van der Waals surface area contributed by atoms with Gasteiger partial charge < -0.3 is 15.0 Å². The van der Waals surface area contributed by atoms with Crippen LogP contribution in [0.1, 0.15) is 43.5 Å². The van der Waals surface area contributed by atoms with Crippen LogP contribution in [0, 0.1) is 11.8 Å². The van der Waals surface area contributed by atoms with Gasteiger partial charge in [0.25, 0.3) is 0 Å². The molecule has 1 aromatic heterocycles. The van der Waals surface area contributed by atoms with Gasteiger partial charge in [-0.3, -0.25) is 14.7 Å². The Morgan fingerprint density at radius 3 is 2.57 bits per heavy atom. The number of hydrogen-bond acceptors (Lipinski definition) is 5. The Kier molecular flexibility index (Phi) is 7.73. The first kappa shape index (κ1) is 21.1. The van der Waals surface area contributed by atoms with Crippen LogP contribution in [-0.4, -0.2) is 68.6 Å². The molecular weight excluding hydrogens is 372 g/mol. The van der Waals surface area contributed by atoms with Crippen molar-refractivity contribution in [2.24, 2.45) is 16.8 Å². The van der Waals surface area contributed by atoms with Crippen molar-refractivity contribution in [3.63, 3.8) is 0 Å². The Labute approximate surface area is 173 Å². The van der Waals surface area contributed by atoms with E-state index in [0.29, 0.717) is 6.04 Å². The molecule has 2 aliphatic rings. The van der Waals surface area contributed by atoms with Crippen molar-refractivity contribution in [1.82, 2.24) is 15.1 Å². The number of thiophene rings is 1. The summed E-state index contributed by atoms with van der Waals surface area (Å²) in [5.41, 5.74) is 0. The highest BCUT2D eigenvalue weighted by molar-refractivity contribution is 7.10. The van der Waals surface area contributed by atoms with Crippen LogP contribution in [0.25, 0.3) is 0 Å². The van der Waals surface area contributed by atoms with Crippen LogP contribution in [0.3, 0.4) is 0 Å². The molecule has 0 radical (unpaired) electrons. The van der Waals surface area contributed by atoms with Crippen LogP contribution < -0.4 is 5.32 Å². The van der Waals surface area contributed by atoms with Gasteiger partial charge in [-0.1, -0.05) is 13.0 Å². The normalized spacial score (nSPS) is 21.5. The summed E-state index contributed by atoms with van der Waals surface area (Å²) >= 11 is 1.84. The largest absolute Gasteiger partial charge is 0.469 e. The standard InChI is InChI=1S/C21H34N4O2S/c1-16-6-10-24(11-7-16)18(19-5-4-14-28-19)15-23-21(22-2)25-12-8-17(9-13-25)20(26)27-3/h4-5,14,16-18H,6-13,15H2,1-3H3,(H,22,23). The number of methoxy groups -OCH3 is 1. The van der Waals surface area contributed by atoms with Crippen LogP contribution in [-0.2, 0) is 9.53 Å². The molecule has 3 rings (SSSR count). The molecule has 0 bridgehead atoms. The van der Waals surface area contributed by atoms with E-state index in [1.165, 1.54) is 24.8 Å². The van der Waals surface area contributed by atoms with Gasteiger partial charge in [0, 0.05) is 31.6 Å². The summed E-state index contributed by atoms with van der Waals surface area (Å²) in [6.07, 6.45) is 4.20. The number of guanidine groups is 1. The predicted molar refractivity (Wildman–Crippen MR) is 115 cm³/mol. The molecule has 0 spiro atoms. The monoisotopic (exact) mass is 406 g/mol. The molecule has 0 aromatic carbocycles. The molecule has 6 nitrogen and oxygen atoms in total. The molecule has 7 heteroatoms. The molecule has 0 aliphatic carbocycles. The molecule has 1 N–H and O–H groups in total. The number of aliphatic imine (C=N–C) groups is 1. The Balaban J connectivity index is 1.58. The summed E-state index contributed by atoms with van der Waals surface area (Å²) in [6, 6.07) is 4.78. The van der Waals surface area contributed by atoms with Gasteiger partial charge in [-0.2, -0.15) is 0 Å². The molecule has 156 valence electrons. The third-order valence-corrected chi connectivity index (χ3v) is 7.10. The molecule has 28 heavy (non-hydrogen) atoms. The third-order valence-electron chi connectivity index (χ3n) is 6.12. The number of ether oxygens (including phenoxy) is 1. The zero-order valence-electron chi connectivity index (χ0n) is 17.4. The summed E-state index contributed by atoms with van der Waals surface area (Å²) in [6.45, 7) is 7.21. The van der Waals surface area contributed by atoms with Crippen LogP contribution in [0.15, 0.2) is 22.5 Å². The fourth-order valence-electron chi connectivity index (χ4n) is 4.24. The van der Waals surface area contributed by atoms with E-state index >= 15 is 0 Å². The summed E-state index contributed by atoms with van der Waals surface area (Å²) in [5.74, 6) is 1.71. The third kappa shape index (κ3) is 5.26. The first-order valence-electron chi connectivity index (χ1n) is 10.4. The molecule has 0 amide bonds. The van der Waals surface area contributed by atoms with E-state index in [1.54, 1.807) is 0 Å². The first-order chi connectivity index (χ1) is 13.6. The van der Waals surface area contributed by atoms with E-state index in [9.17, 15) is 4.79 Å². The van der Waals surface area contributed by atoms with Crippen molar-refractivity contribution >= 4 is 23.3 Å². The number of carbonyl (C=O) groups is 1. The summed E-state index contributed by atoms with van der Waals surface area (Å²) in [4.78, 5) is 22.6. The number of nitrogens with zero attached hydrogens (tertiary/aromatic N) is 3. The van der Waals surface area contributed by atoms with Crippen molar-refractivity contribution in [1.29, 1.82) is 0 Å². The Bertz CT molecular complexity index is 633. The molecule has 3 heterocycles. The highest BCUT2D eigenvalue weighted by atomic mass is 32.1. The minimum absolute atomic E-state index is 0.0218. The molecule has 0 saturated carbocycles. The second kappa shape index (κ2) is 10.3. The zero-order chi connectivity index (χ0) is 19.9. The van der Waals surface area contributed by atoms with Gasteiger partial charge in [-0.25, -0.2) is 0 Å². The van der Waals surface area contributed by atoms with Crippen molar-refractivity contribution in [3.8, 4) is 0 Å². The Hall–Kier alpha value is -1.60. The van der Waals surface area contributed by atoms with Gasteiger partial charge in [0.1, 0.15) is 0 Å². The highest BCUT2D eigenvalue weighted by Crippen LogP contribution is 2.29. The van der Waals surface area contributed by atoms with Gasteiger partial charge in [-0.05, 0) is 56.1 Å². The first-order valence-corrected chi connectivity index (χ1v) is 11.3. The van der Waals surface area contributed by atoms with Gasteiger partial charge in [0.05, 0.1) is 19.1 Å². The van der Waals surface area contributed by atoms with Crippen LogP contribution in [0.4, 0.5) is 0 Å². The van der Waals surface area contributed by atoms with Crippen molar-refractivity contribution in [2.75, 3.05) is 46.9 Å². The smallest absolute Gasteiger partial charge is 0.308 e. The molecule has 2 fully saturated rings. The number of rotatable bonds is 5. The second-order valence-corrected chi connectivity index (χ2v) is 8.94. The quantitative estimate of drug-likeness (QED) is 0.463. The van der Waals surface area contributed by atoms with E-state index in [-0.39, 0.29) is 11.9 Å². The average molecular weight is 407 g/mol. The lowest BCUT2D eigenvalue weighted by atomic mass is 9.97. The van der Waals surface area contributed by atoms with Gasteiger partial charge in [0.2, 0.25) is 0 Å². The van der Waals surface area contributed by atoms with Gasteiger partial charge in [0.15, 0.2) is 5.96 Å². The molecule has 2 saturated heterocycles. The number of esters is 1. The maximum absolute atomic E-state index is 11.8. The summed E-state index contributed by atoms with van der Waals surface area (Å²) in [7, 11) is 3.32. The number of nitrogens with one attached hydrogen (secondary N) is 1. The lowest BCUT2D eigenvalue weighted by Crippen LogP contribution is -2.49. The van der Waals surface area contributed by atoms with E-state index in [4.69, 9.17) is 4.74 Å². The lowest BCUT2D eigenvalue weighted by Gasteiger charge is -2.38. The second-order valence-electron chi connectivity index (χ2n) is 7.96. The summed E-state index contributed by atoms with van der Waals surface area (Å²) in [5, 5.41) is 5.79. The Morgan fingerprint density at radius 2 is 2.00 bits per heavy atom. The fraction of sp³-hybridized carbons (Fsp3) is 0.714. The van der Waals surface area contributed by atoms with E-state index in [0.717, 1.165) is 57.4 Å². The highest BCUT2D eigenvalue weighted by Gasteiger charge is 2.29. The SMILES string of the molecule is CN=C(NCC(c1cccs1)N1CCC(C)CC1)N1CCC(C(=O)OC)CC1. The molecule has 1 aromatic rings. The fourth-order valence-corrected chi connectivity index (χ4v) is 5.11. The molecular formula is C21H34N4O2S. The maximum atomic E-state index is 11.8. The van der Waals surface area contributed by atoms with Crippen LogP contribution in [0.2, 0.25) is 0 Å². The minimum Gasteiger partial charge on any atom is -0.469 e. The van der Waals surface area contributed by atoms with E-state index in [1.807, 2.05) is 18.4 Å². The molecule has 2 aliphatic heterocycles. The predicted octanol–water partition coefficient (Wildman–Crippen LogP) is 2.98.